The van der Waals surface area contributed by atoms with Crippen LogP contribution in [0.5, 0.6) is 0 Å². The molecule has 0 aliphatic carbocycles. The van der Waals surface area contributed by atoms with E-state index >= 15 is 0 Å². The van der Waals surface area contributed by atoms with Gasteiger partial charge in [-0.05, 0) is 57.9 Å². The molecule has 2 rings (SSSR count). The molecule has 0 unspecified atom stereocenters. The molecule has 2 amide bonds. The van der Waals surface area contributed by atoms with E-state index in [4.69, 9.17) is 14.7 Å². The summed E-state index contributed by atoms with van der Waals surface area (Å²) in [6.07, 6.45) is 0.158. The molecule has 1 aromatic rings. The van der Waals surface area contributed by atoms with Gasteiger partial charge in [0.2, 0.25) is 5.91 Å². The number of rotatable bonds is 8. The summed E-state index contributed by atoms with van der Waals surface area (Å²) in [6, 6.07) is 5.97. The maximum atomic E-state index is 13.2. The Morgan fingerprint density at radius 2 is 1.77 bits per heavy atom. The largest absolute Gasteiger partial charge is 0.444 e. The summed E-state index contributed by atoms with van der Waals surface area (Å²) >= 11 is 0. The van der Waals surface area contributed by atoms with Gasteiger partial charge in [0.05, 0.1) is 6.10 Å². The highest BCUT2D eigenvalue weighted by Crippen LogP contribution is 2.27. The average Bonchev–Trinajstić information content (AvgIpc) is 2.73. The highest BCUT2D eigenvalue weighted by atomic mass is 19.1. The van der Waals surface area contributed by atoms with Crippen molar-refractivity contribution in [2.45, 2.75) is 45.3 Å². The number of hydrogen-bond donors (Lipinski definition) is 2. The first-order chi connectivity index (χ1) is 14.6. The molecular weight excluding hydrogens is 405 g/mol. The fraction of sp³-hybridized carbons (Fsp3) is 0.636. The second-order valence-electron chi connectivity index (χ2n) is 8.78. The van der Waals surface area contributed by atoms with Crippen molar-refractivity contribution in [3.63, 3.8) is 0 Å². The van der Waals surface area contributed by atoms with Crippen LogP contribution in [0.1, 0.15) is 45.3 Å². The van der Waals surface area contributed by atoms with Gasteiger partial charge in [-0.2, -0.15) is 0 Å². The fourth-order valence-corrected chi connectivity index (χ4v) is 3.57. The molecule has 1 aliphatic heterocycles. The first kappa shape index (κ1) is 25.0. The summed E-state index contributed by atoms with van der Waals surface area (Å²) in [7, 11) is 1.54. The van der Waals surface area contributed by atoms with Crippen molar-refractivity contribution >= 4 is 12.0 Å². The zero-order valence-corrected chi connectivity index (χ0v) is 18.8. The summed E-state index contributed by atoms with van der Waals surface area (Å²) in [5.41, 5.74) is 1.99. The molecule has 2 N–H and O–H groups in total. The van der Waals surface area contributed by atoms with Crippen LogP contribution < -0.4 is 5.48 Å². The lowest BCUT2D eigenvalue weighted by Gasteiger charge is -2.36. The third kappa shape index (κ3) is 8.08. The number of hydrogen-bond acceptors (Lipinski definition) is 6. The third-order valence-electron chi connectivity index (χ3n) is 5.32. The maximum Gasteiger partial charge on any atom is 0.410 e. The lowest BCUT2D eigenvalue weighted by Crippen LogP contribution is -2.50. The second-order valence-corrected chi connectivity index (χ2v) is 8.78. The number of carbonyl (C=O) groups is 2. The summed E-state index contributed by atoms with van der Waals surface area (Å²) in [5, 5.41) is 9.16. The van der Waals surface area contributed by atoms with Gasteiger partial charge in [0.1, 0.15) is 11.4 Å². The zero-order chi connectivity index (χ0) is 23.0. The molecule has 0 saturated carbocycles. The predicted octanol–water partition coefficient (Wildman–Crippen LogP) is 2.97. The van der Waals surface area contributed by atoms with E-state index in [-0.39, 0.29) is 11.9 Å². The van der Waals surface area contributed by atoms with Crippen molar-refractivity contribution in [1.82, 2.24) is 15.3 Å². The molecule has 1 fully saturated rings. The quantitative estimate of drug-likeness (QED) is 0.478. The Labute approximate surface area is 183 Å². The topological polar surface area (TPSA) is 91.3 Å². The smallest absolute Gasteiger partial charge is 0.410 e. The molecular formula is C22H34FN3O5. The van der Waals surface area contributed by atoms with Crippen molar-refractivity contribution in [2.24, 2.45) is 5.92 Å². The van der Waals surface area contributed by atoms with E-state index < -0.39 is 23.5 Å². The van der Waals surface area contributed by atoms with Crippen LogP contribution in [-0.4, -0.2) is 72.4 Å². The lowest BCUT2D eigenvalue weighted by molar-refractivity contribution is -0.135. The zero-order valence-electron chi connectivity index (χ0n) is 18.8. The summed E-state index contributed by atoms with van der Waals surface area (Å²) < 4.78 is 24.1. The van der Waals surface area contributed by atoms with Crippen molar-refractivity contribution < 1.29 is 28.7 Å². The van der Waals surface area contributed by atoms with Gasteiger partial charge in [-0.15, -0.1) is 0 Å². The summed E-state index contributed by atoms with van der Waals surface area (Å²) in [5.74, 6) is -1.30. The number of methoxy groups -OCH3 is 1. The van der Waals surface area contributed by atoms with Crippen molar-refractivity contribution in [3.05, 3.63) is 35.6 Å². The van der Waals surface area contributed by atoms with Crippen molar-refractivity contribution in [1.29, 1.82) is 0 Å². The standard InChI is InChI=1S/C22H34FN3O5/c1-22(2,3)31-21(28)26-13-11-25(12-14-26)10-9-17(20(27)24-29)15-19(30-4)16-5-7-18(23)8-6-16/h5-8,17,19,29H,9-15H2,1-4H3,(H,24,27)/t17-,19+/m0/s1. The highest BCUT2D eigenvalue weighted by Gasteiger charge is 2.28. The first-order valence-corrected chi connectivity index (χ1v) is 10.6. The van der Waals surface area contributed by atoms with Crippen LogP contribution in [0.25, 0.3) is 0 Å². The van der Waals surface area contributed by atoms with Crippen LogP contribution in [0.3, 0.4) is 0 Å². The van der Waals surface area contributed by atoms with Gasteiger partial charge < -0.3 is 14.4 Å². The van der Waals surface area contributed by atoms with Crippen LogP contribution in [0.2, 0.25) is 0 Å². The SMILES string of the molecule is CO[C@H](C[C@H](CCN1CCN(C(=O)OC(C)(C)C)CC1)C(=O)NO)c1ccc(F)cc1. The van der Waals surface area contributed by atoms with Crippen LogP contribution in [0.15, 0.2) is 24.3 Å². The molecule has 1 heterocycles. The van der Waals surface area contributed by atoms with E-state index in [0.29, 0.717) is 45.6 Å². The van der Waals surface area contributed by atoms with Gasteiger partial charge in [-0.1, -0.05) is 12.1 Å². The molecule has 0 bridgehead atoms. The molecule has 0 spiro atoms. The Bertz CT molecular complexity index is 715. The number of hydroxylamine groups is 1. The molecule has 9 heteroatoms. The first-order valence-electron chi connectivity index (χ1n) is 10.6. The lowest BCUT2D eigenvalue weighted by atomic mass is 9.93. The van der Waals surface area contributed by atoms with E-state index in [1.807, 2.05) is 20.8 Å². The average molecular weight is 440 g/mol. The molecule has 1 aliphatic rings. The van der Waals surface area contributed by atoms with Gasteiger partial charge in [-0.25, -0.2) is 14.7 Å². The van der Waals surface area contributed by atoms with Crippen LogP contribution >= 0.6 is 0 Å². The van der Waals surface area contributed by atoms with Gasteiger partial charge in [0.15, 0.2) is 0 Å². The molecule has 2 atom stereocenters. The minimum absolute atomic E-state index is 0.313. The van der Waals surface area contributed by atoms with Gasteiger partial charge in [-0.3, -0.25) is 14.9 Å². The monoisotopic (exact) mass is 439 g/mol. The van der Waals surface area contributed by atoms with E-state index in [0.717, 1.165) is 5.56 Å². The van der Waals surface area contributed by atoms with Crippen molar-refractivity contribution in [2.75, 3.05) is 39.8 Å². The number of piperazine rings is 1. The van der Waals surface area contributed by atoms with Crippen LogP contribution in [0, 0.1) is 11.7 Å². The number of ether oxygens (including phenoxy) is 2. The highest BCUT2D eigenvalue weighted by molar-refractivity contribution is 5.77. The number of carbonyl (C=O) groups excluding carboxylic acids is 2. The Balaban J connectivity index is 1.89. The molecule has 1 saturated heterocycles. The normalized spacial score (nSPS) is 17.2. The molecule has 0 radical (unpaired) electrons. The third-order valence-corrected chi connectivity index (χ3v) is 5.32. The molecule has 0 aromatic heterocycles. The Morgan fingerprint density at radius 3 is 2.29 bits per heavy atom. The van der Waals surface area contributed by atoms with E-state index in [1.54, 1.807) is 22.5 Å². The van der Waals surface area contributed by atoms with Crippen LogP contribution in [-0.2, 0) is 14.3 Å². The van der Waals surface area contributed by atoms with E-state index in [2.05, 4.69) is 4.90 Å². The van der Waals surface area contributed by atoms with E-state index in [9.17, 15) is 14.0 Å². The molecule has 31 heavy (non-hydrogen) atoms. The van der Waals surface area contributed by atoms with Crippen LogP contribution in [0.4, 0.5) is 9.18 Å². The number of benzene rings is 1. The number of nitrogens with zero attached hydrogens (tertiary/aromatic N) is 2. The molecule has 174 valence electrons. The Hall–Kier alpha value is -2.23. The molecule has 8 nitrogen and oxygen atoms in total. The van der Waals surface area contributed by atoms with Crippen molar-refractivity contribution in [3.8, 4) is 0 Å². The fourth-order valence-electron chi connectivity index (χ4n) is 3.57. The van der Waals surface area contributed by atoms with Gasteiger partial charge in [0, 0.05) is 39.2 Å². The second kappa shape index (κ2) is 11.4. The number of nitrogens with one attached hydrogen (secondary N) is 1. The number of halogens is 1. The summed E-state index contributed by atoms with van der Waals surface area (Å²) in [4.78, 5) is 28.3. The Kier molecular flexibility index (Phi) is 9.21. The Morgan fingerprint density at radius 1 is 1.16 bits per heavy atom. The predicted molar refractivity (Wildman–Crippen MR) is 113 cm³/mol. The summed E-state index contributed by atoms with van der Waals surface area (Å²) in [6.45, 7) is 8.63. The molecule has 1 aromatic carbocycles. The minimum Gasteiger partial charge on any atom is -0.444 e. The number of amides is 2. The maximum absolute atomic E-state index is 13.2. The van der Waals surface area contributed by atoms with Gasteiger partial charge in [0.25, 0.3) is 0 Å². The van der Waals surface area contributed by atoms with E-state index in [1.165, 1.54) is 19.2 Å². The van der Waals surface area contributed by atoms with Gasteiger partial charge >= 0.3 is 6.09 Å². The minimum atomic E-state index is -0.526.